The Morgan fingerprint density at radius 3 is 2.75 bits per heavy atom. The number of aromatic nitrogens is 5. The van der Waals surface area contributed by atoms with Gasteiger partial charge in [0.15, 0.2) is 0 Å². The lowest BCUT2D eigenvalue weighted by molar-refractivity contribution is 0.0702. The molecule has 0 N–H and O–H groups in total. The van der Waals surface area contributed by atoms with Gasteiger partial charge < -0.3 is 18.9 Å². The van der Waals surface area contributed by atoms with Gasteiger partial charge in [-0.2, -0.15) is 5.10 Å². The number of likely N-dealkylation sites (tertiary alicyclic amines) is 1. The summed E-state index contributed by atoms with van der Waals surface area (Å²) in [5.74, 6) is 1.55. The molecule has 0 radical (unpaired) electrons. The Bertz CT molecular complexity index is 1190. The summed E-state index contributed by atoms with van der Waals surface area (Å²) in [5, 5.41) is 5.27. The second-order valence-corrected chi connectivity index (χ2v) is 7.62. The van der Waals surface area contributed by atoms with Gasteiger partial charge in [0.25, 0.3) is 0 Å². The second-order valence-electron chi connectivity index (χ2n) is 7.62. The number of fused-ring (bicyclic) bond motifs is 1. The lowest BCUT2D eigenvalue weighted by Crippen LogP contribution is -2.42. The van der Waals surface area contributed by atoms with Gasteiger partial charge in [-0.25, -0.2) is 19.4 Å². The highest BCUT2D eigenvalue weighted by atomic mass is 16.6. The summed E-state index contributed by atoms with van der Waals surface area (Å²) in [6, 6.07) is 12.1. The molecule has 0 atom stereocenters. The van der Waals surface area contributed by atoms with Crippen molar-refractivity contribution in [3.8, 4) is 17.3 Å². The molecule has 0 aliphatic carbocycles. The predicted octanol–water partition coefficient (Wildman–Crippen LogP) is 3.61. The van der Waals surface area contributed by atoms with E-state index in [1.54, 1.807) is 22.1 Å². The molecule has 0 spiro atoms. The molecule has 9 heteroatoms. The third-order valence-corrected chi connectivity index (χ3v) is 5.60. The van der Waals surface area contributed by atoms with Crippen LogP contribution < -0.4 is 4.74 Å². The van der Waals surface area contributed by atoms with Gasteiger partial charge in [0.1, 0.15) is 30.3 Å². The Morgan fingerprint density at radius 1 is 1.16 bits per heavy atom. The Labute approximate surface area is 185 Å². The second kappa shape index (κ2) is 8.70. The maximum absolute atomic E-state index is 11.8. The number of hydrogen-bond donors (Lipinski definition) is 0. The van der Waals surface area contributed by atoms with Gasteiger partial charge in [0.2, 0.25) is 0 Å². The van der Waals surface area contributed by atoms with E-state index in [4.69, 9.17) is 9.47 Å². The van der Waals surface area contributed by atoms with Crippen LogP contribution in [0, 0.1) is 0 Å². The van der Waals surface area contributed by atoms with Crippen molar-refractivity contribution in [2.45, 2.75) is 25.9 Å². The smallest absolute Gasteiger partial charge is 0.409 e. The number of pyridine rings is 1. The molecular formula is C23H24N6O3. The minimum atomic E-state index is -0.246. The molecule has 1 aliphatic heterocycles. The molecule has 5 rings (SSSR count). The Balaban J connectivity index is 1.25. The van der Waals surface area contributed by atoms with E-state index in [1.807, 2.05) is 35.9 Å². The molecule has 0 saturated carbocycles. The number of rotatable bonds is 5. The van der Waals surface area contributed by atoms with Gasteiger partial charge >= 0.3 is 6.09 Å². The van der Waals surface area contributed by atoms with E-state index in [1.165, 1.54) is 6.33 Å². The van der Waals surface area contributed by atoms with E-state index in [-0.39, 0.29) is 12.2 Å². The molecule has 1 saturated heterocycles. The Kier molecular flexibility index (Phi) is 5.45. The van der Waals surface area contributed by atoms with Crippen LogP contribution in [-0.2, 0) is 4.74 Å². The van der Waals surface area contributed by atoms with Crippen molar-refractivity contribution in [2.24, 2.45) is 0 Å². The van der Waals surface area contributed by atoms with Gasteiger partial charge in [-0.05, 0) is 43.3 Å². The van der Waals surface area contributed by atoms with E-state index in [9.17, 15) is 4.79 Å². The fourth-order valence-electron chi connectivity index (χ4n) is 3.96. The van der Waals surface area contributed by atoms with Gasteiger partial charge in [-0.3, -0.25) is 0 Å². The molecule has 1 fully saturated rings. The summed E-state index contributed by atoms with van der Waals surface area (Å²) >= 11 is 0. The summed E-state index contributed by atoms with van der Waals surface area (Å²) in [7, 11) is 0. The molecule has 1 aliphatic rings. The standard InChI is InChI=1S/C23H24N6O3/c1-2-31-23(30)27-10-8-19(9-11-27)32-20-4-6-22(25-14-20)28-12-7-17-13-18(3-5-21(17)28)29-16-24-15-26-29/h3-7,12-16,19H,2,8-11H2,1H3. The van der Waals surface area contributed by atoms with Crippen LogP contribution in [0.15, 0.2) is 61.4 Å². The summed E-state index contributed by atoms with van der Waals surface area (Å²) < 4.78 is 14.9. The van der Waals surface area contributed by atoms with Crippen molar-refractivity contribution >= 4 is 17.0 Å². The molecule has 1 aromatic carbocycles. The molecule has 4 heterocycles. The van der Waals surface area contributed by atoms with E-state index < -0.39 is 0 Å². The zero-order valence-corrected chi connectivity index (χ0v) is 17.8. The molecule has 3 aromatic heterocycles. The maximum atomic E-state index is 11.8. The molecule has 32 heavy (non-hydrogen) atoms. The number of nitrogens with zero attached hydrogens (tertiary/aromatic N) is 6. The van der Waals surface area contributed by atoms with Crippen LogP contribution in [0.25, 0.3) is 22.4 Å². The van der Waals surface area contributed by atoms with E-state index in [0.717, 1.165) is 41.0 Å². The number of carbonyl (C=O) groups excluding carboxylic acids is 1. The largest absolute Gasteiger partial charge is 0.489 e. The minimum Gasteiger partial charge on any atom is -0.489 e. The van der Waals surface area contributed by atoms with Crippen LogP contribution in [0.2, 0.25) is 0 Å². The number of amides is 1. The molecule has 164 valence electrons. The number of carbonyl (C=O) groups is 1. The van der Waals surface area contributed by atoms with Crippen molar-refractivity contribution in [1.29, 1.82) is 0 Å². The number of hydrogen-bond acceptors (Lipinski definition) is 6. The van der Waals surface area contributed by atoms with Crippen molar-refractivity contribution in [1.82, 2.24) is 29.2 Å². The first-order chi connectivity index (χ1) is 15.7. The zero-order valence-electron chi connectivity index (χ0n) is 17.8. The summed E-state index contributed by atoms with van der Waals surface area (Å²) in [4.78, 5) is 22.2. The summed E-state index contributed by atoms with van der Waals surface area (Å²) in [6.45, 7) is 3.49. The van der Waals surface area contributed by atoms with E-state index in [2.05, 4.69) is 33.3 Å². The van der Waals surface area contributed by atoms with E-state index >= 15 is 0 Å². The lowest BCUT2D eigenvalue weighted by Gasteiger charge is -2.31. The molecule has 0 bridgehead atoms. The average molecular weight is 432 g/mol. The van der Waals surface area contributed by atoms with Crippen LogP contribution in [-0.4, -0.2) is 61.1 Å². The third kappa shape index (κ3) is 4.01. The van der Waals surface area contributed by atoms with Crippen LogP contribution in [0.3, 0.4) is 0 Å². The Morgan fingerprint density at radius 2 is 2.03 bits per heavy atom. The topological polar surface area (TPSA) is 87.3 Å². The van der Waals surface area contributed by atoms with Crippen LogP contribution in [0.1, 0.15) is 19.8 Å². The highest BCUT2D eigenvalue weighted by molar-refractivity contribution is 5.83. The van der Waals surface area contributed by atoms with Gasteiger partial charge in [0.05, 0.1) is 24.0 Å². The quantitative estimate of drug-likeness (QED) is 0.479. The third-order valence-electron chi connectivity index (χ3n) is 5.60. The fraction of sp³-hybridized carbons (Fsp3) is 0.304. The summed E-state index contributed by atoms with van der Waals surface area (Å²) in [6.07, 6.45) is 8.33. The normalized spacial score (nSPS) is 14.6. The predicted molar refractivity (Wildman–Crippen MR) is 118 cm³/mol. The molecular weight excluding hydrogens is 408 g/mol. The van der Waals surface area contributed by atoms with Crippen molar-refractivity contribution in [2.75, 3.05) is 19.7 Å². The lowest BCUT2D eigenvalue weighted by atomic mass is 10.1. The van der Waals surface area contributed by atoms with Crippen molar-refractivity contribution < 1.29 is 14.3 Å². The van der Waals surface area contributed by atoms with Gasteiger partial charge in [-0.1, -0.05) is 0 Å². The number of ether oxygens (including phenoxy) is 2. The van der Waals surface area contributed by atoms with Crippen LogP contribution in [0.5, 0.6) is 5.75 Å². The highest BCUT2D eigenvalue weighted by Gasteiger charge is 2.24. The summed E-state index contributed by atoms with van der Waals surface area (Å²) in [5.41, 5.74) is 2.01. The maximum Gasteiger partial charge on any atom is 0.409 e. The molecule has 4 aromatic rings. The minimum absolute atomic E-state index is 0.0657. The average Bonchev–Trinajstić information content (AvgIpc) is 3.50. The first kappa shape index (κ1) is 20.0. The first-order valence-electron chi connectivity index (χ1n) is 10.7. The molecule has 1 amide bonds. The number of piperidine rings is 1. The highest BCUT2D eigenvalue weighted by Crippen LogP contribution is 2.24. The fourth-order valence-corrected chi connectivity index (χ4v) is 3.96. The first-order valence-corrected chi connectivity index (χ1v) is 10.7. The van der Waals surface area contributed by atoms with Crippen molar-refractivity contribution in [3.63, 3.8) is 0 Å². The Hall–Kier alpha value is -3.88. The van der Waals surface area contributed by atoms with Crippen LogP contribution >= 0.6 is 0 Å². The monoisotopic (exact) mass is 432 g/mol. The molecule has 9 nitrogen and oxygen atoms in total. The number of benzene rings is 1. The van der Waals surface area contributed by atoms with Crippen LogP contribution in [0.4, 0.5) is 4.79 Å². The van der Waals surface area contributed by atoms with Crippen molar-refractivity contribution in [3.05, 3.63) is 61.4 Å². The molecule has 0 unspecified atom stereocenters. The SMILES string of the molecule is CCOC(=O)N1CCC(Oc2ccc(-n3ccc4cc(-n5cncn5)ccc43)nc2)CC1. The van der Waals surface area contributed by atoms with Gasteiger partial charge in [0, 0.05) is 37.5 Å². The zero-order chi connectivity index (χ0) is 21.9. The van der Waals surface area contributed by atoms with E-state index in [0.29, 0.717) is 19.7 Å². The van der Waals surface area contributed by atoms with Gasteiger partial charge in [-0.15, -0.1) is 0 Å².